The molecule has 1 amide bonds. The third kappa shape index (κ3) is 3.96. The summed E-state index contributed by atoms with van der Waals surface area (Å²) in [6.07, 6.45) is 0.813. The van der Waals surface area contributed by atoms with Gasteiger partial charge in [-0.2, -0.15) is 5.10 Å². The van der Waals surface area contributed by atoms with E-state index in [4.69, 9.17) is 5.73 Å². The average molecular weight is 252 g/mol. The van der Waals surface area contributed by atoms with Gasteiger partial charge < -0.3 is 11.1 Å². The van der Waals surface area contributed by atoms with Crippen LogP contribution in [0.25, 0.3) is 0 Å². The molecule has 0 aliphatic carbocycles. The molecule has 0 spiro atoms. The first-order valence-corrected chi connectivity index (χ1v) is 5.99. The van der Waals surface area contributed by atoms with Crippen molar-refractivity contribution in [2.45, 2.75) is 26.3 Å². The van der Waals surface area contributed by atoms with Gasteiger partial charge in [0.25, 0.3) is 11.5 Å². The van der Waals surface area contributed by atoms with E-state index in [1.807, 2.05) is 0 Å². The van der Waals surface area contributed by atoms with Crippen molar-refractivity contribution in [3.63, 3.8) is 0 Å². The van der Waals surface area contributed by atoms with E-state index in [0.29, 0.717) is 12.5 Å². The van der Waals surface area contributed by atoms with Gasteiger partial charge in [0, 0.05) is 25.7 Å². The zero-order valence-electron chi connectivity index (χ0n) is 11.0. The lowest BCUT2D eigenvalue weighted by molar-refractivity contribution is 0.0926. The highest BCUT2D eigenvalue weighted by Gasteiger charge is 2.15. The normalized spacial score (nSPS) is 12.5. The molecule has 0 aliphatic heterocycles. The summed E-state index contributed by atoms with van der Waals surface area (Å²) >= 11 is 0. The van der Waals surface area contributed by atoms with Gasteiger partial charge in [-0.1, -0.05) is 13.8 Å². The molecule has 1 heterocycles. The van der Waals surface area contributed by atoms with E-state index in [-0.39, 0.29) is 23.2 Å². The maximum absolute atomic E-state index is 11.9. The molecule has 0 saturated carbocycles. The molecule has 1 rings (SSSR count). The quantitative estimate of drug-likeness (QED) is 0.764. The van der Waals surface area contributed by atoms with Crippen molar-refractivity contribution < 1.29 is 4.79 Å². The number of hydrogen-bond acceptors (Lipinski definition) is 4. The minimum absolute atomic E-state index is 0.0727. The third-order valence-corrected chi connectivity index (χ3v) is 2.57. The number of hydrogen-bond donors (Lipinski definition) is 2. The highest BCUT2D eigenvalue weighted by molar-refractivity contribution is 5.92. The van der Waals surface area contributed by atoms with Gasteiger partial charge in [0.2, 0.25) is 0 Å². The zero-order chi connectivity index (χ0) is 13.7. The third-order valence-electron chi connectivity index (χ3n) is 2.57. The second-order valence-corrected chi connectivity index (χ2v) is 4.72. The number of aryl methyl sites for hydroxylation is 1. The fraction of sp³-hybridized carbons (Fsp3) is 0.583. The number of carbonyl (C=O) groups excluding carboxylic acids is 1. The van der Waals surface area contributed by atoms with Gasteiger partial charge >= 0.3 is 0 Å². The molecule has 0 radical (unpaired) electrons. The van der Waals surface area contributed by atoms with Crippen molar-refractivity contribution >= 4 is 5.91 Å². The van der Waals surface area contributed by atoms with Gasteiger partial charge in [-0.05, 0) is 18.4 Å². The maximum Gasteiger partial charge on any atom is 0.271 e. The standard InChI is InChI=1S/C12H20N4O2/c1-8(2)6-9(7-13)14-12(18)10-4-5-11(17)16(3)15-10/h4-5,8-9H,6-7,13H2,1-3H3,(H,14,18). The van der Waals surface area contributed by atoms with Gasteiger partial charge in [0.15, 0.2) is 0 Å². The first-order valence-electron chi connectivity index (χ1n) is 5.99. The van der Waals surface area contributed by atoms with Crippen molar-refractivity contribution in [3.8, 4) is 0 Å². The van der Waals surface area contributed by atoms with Crippen LogP contribution in [-0.4, -0.2) is 28.3 Å². The van der Waals surface area contributed by atoms with Crippen molar-refractivity contribution in [1.29, 1.82) is 0 Å². The Morgan fingerprint density at radius 2 is 2.17 bits per heavy atom. The zero-order valence-corrected chi connectivity index (χ0v) is 11.0. The van der Waals surface area contributed by atoms with Crippen LogP contribution >= 0.6 is 0 Å². The van der Waals surface area contributed by atoms with Gasteiger partial charge in [-0.3, -0.25) is 9.59 Å². The highest BCUT2D eigenvalue weighted by Crippen LogP contribution is 2.04. The lowest BCUT2D eigenvalue weighted by atomic mass is 10.0. The Hall–Kier alpha value is -1.69. The van der Waals surface area contributed by atoms with Crippen LogP contribution in [0.2, 0.25) is 0 Å². The van der Waals surface area contributed by atoms with Crippen LogP contribution in [0, 0.1) is 5.92 Å². The van der Waals surface area contributed by atoms with Gasteiger partial charge in [0.05, 0.1) is 0 Å². The lowest BCUT2D eigenvalue weighted by Crippen LogP contribution is -2.41. The molecular formula is C12H20N4O2. The lowest BCUT2D eigenvalue weighted by Gasteiger charge is -2.18. The molecule has 18 heavy (non-hydrogen) atoms. The van der Waals surface area contributed by atoms with Gasteiger partial charge in [-0.15, -0.1) is 0 Å². The Bertz CT molecular complexity index is 467. The fourth-order valence-electron chi connectivity index (χ4n) is 1.67. The molecule has 0 aliphatic rings. The minimum Gasteiger partial charge on any atom is -0.347 e. The van der Waals surface area contributed by atoms with Crippen LogP contribution in [0.15, 0.2) is 16.9 Å². The highest BCUT2D eigenvalue weighted by atomic mass is 16.2. The van der Waals surface area contributed by atoms with Crippen molar-refractivity contribution in [2.75, 3.05) is 6.54 Å². The molecule has 0 aromatic carbocycles. The first kappa shape index (κ1) is 14.4. The number of nitrogens with zero attached hydrogens (tertiary/aromatic N) is 2. The monoisotopic (exact) mass is 252 g/mol. The van der Waals surface area contributed by atoms with Crippen LogP contribution in [0.5, 0.6) is 0 Å². The summed E-state index contributed by atoms with van der Waals surface area (Å²) in [6, 6.07) is 2.67. The molecule has 3 N–H and O–H groups in total. The Morgan fingerprint density at radius 1 is 1.50 bits per heavy atom. The smallest absolute Gasteiger partial charge is 0.271 e. The van der Waals surface area contributed by atoms with E-state index in [9.17, 15) is 9.59 Å². The molecule has 6 nitrogen and oxygen atoms in total. The number of rotatable bonds is 5. The number of aromatic nitrogens is 2. The van der Waals surface area contributed by atoms with E-state index in [2.05, 4.69) is 24.3 Å². The molecule has 1 aromatic rings. The predicted octanol–water partition coefficient (Wildman–Crippen LogP) is -0.116. The maximum atomic E-state index is 11.9. The summed E-state index contributed by atoms with van der Waals surface area (Å²) in [7, 11) is 1.51. The minimum atomic E-state index is -0.304. The topological polar surface area (TPSA) is 90.0 Å². The number of nitrogens with two attached hydrogens (primary N) is 1. The molecule has 6 heteroatoms. The number of nitrogens with one attached hydrogen (secondary N) is 1. The van der Waals surface area contributed by atoms with Gasteiger partial charge in [0.1, 0.15) is 5.69 Å². The predicted molar refractivity (Wildman–Crippen MR) is 69.2 cm³/mol. The van der Waals surface area contributed by atoms with Crippen LogP contribution < -0.4 is 16.6 Å². The van der Waals surface area contributed by atoms with E-state index >= 15 is 0 Å². The van der Waals surface area contributed by atoms with E-state index < -0.39 is 0 Å². The number of amides is 1. The second kappa shape index (κ2) is 6.30. The van der Waals surface area contributed by atoms with Crippen LogP contribution in [0.1, 0.15) is 30.8 Å². The second-order valence-electron chi connectivity index (χ2n) is 4.72. The fourth-order valence-corrected chi connectivity index (χ4v) is 1.67. The molecule has 1 atom stereocenters. The van der Waals surface area contributed by atoms with Crippen molar-refractivity contribution in [3.05, 3.63) is 28.2 Å². The van der Waals surface area contributed by atoms with E-state index in [1.165, 1.54) is 19.2 Å². The summed E-state index contributed by atoms with van der Waals surface area (Å²) in [5.41, 5.74) is 5.59. The molecule has 1 aromatic heterocycles. The van der Waals surface area contributed by atoms with Crippen LogP contribution in [-0.2, 0) is 7.05 Å². The first-order chi connectivity index (χ1) is 8.43. The summed E-state index contributed by atoms with van der Waals surface area (Å²) < 4.78 is 1.13. The Morgan fingerprint density at radius 3 is 2.67 bits per heavy atom. The molecule has 1 unspecified atom stereocenters. The van der Waals surface area contributed by atoms with Gasteiger partial charge in [-0.25, -0.2) is 4.68 Å². The summed E-state index contributed by atoms with van der Waals surface area (Å²) in [5.74, 6) is 0.147. The Labute approximate surface area is 106 Å². The SMILES string of the molecule is CC(C)CC(CN)NC(=O)c1ccc(=O)n(C)n1. The Kier molecular flexibility index (Phi) is 5.03. The summed E-state index contributed by atoms with van der Waals surface area (Å²) in [4.78, 5) is 23.1. The van der Waals surface area contributed by atoms with Crippen molar-refractivity contribution in [2.24, 2.45) is 18.7 Å². The molecule has 0 fully saturated rings. The largest absolute Gasteiger partial charge is 0.347 e. The summed E-state index contributed by atoms with van der Waals surface area (Å²) in [5, 5.41) is 6.71. The van der Waals surface area contributed by atoms with Crippen LogP contribution in [0.4, 0.5) is 0 Å². The van der Waals surface area contributed by atoms with Crippen LogP contribution in [0.3, 0.4) is 0 Å². The molecule has 0 saturated heterocycles. The van der Waals surface area contributed by atoms with Crippen molar-refractivity contribution in [1.82, 2.24) is 15.1 Å². The Balaban J connectivity index is 2.74. The average Bonchev–Trinajstić information content (AvgIpc) is 2.31. The number of carbonyl (C=O) groups is 1. The van der Waals surface area contributed by atoms with E-state index in [0.717, 1.165) is 11.1 Å². The molecule has 0 bridgehead atoms. The summed E-state index contributed by atoms with van der Waals surface area (Å²) in [6.45, 7) is 4.52. The molecular weight excluding hydrogens is 232 g/mol. The molecule has 100 valence electrons. The van der Waals surface area contributed by atoms with E-state index in [1.54, 1.807) is 0 Å².